The molecule has 0 saturated carbocycles. The van der Waals surface area contributed by atoms with Gasteiger partial charge in [0.2, 0.25) is 0 Å². The first-order chi connectivity index (χ1) is 3.97. The number of hydrogen-bond acceptors (Lipinski definition) is 3. The molecule has 2 heterocycles. The predicted molar refractivity (Wildman–Crippen MR) is 31.3 cm³/mol. The number of rotatable bonds is 0. The Morgan fingerprint density at radius 2 is 2.75 bits per heavy atom. The van der Waals surface area contributed by atoms with Crippen LogP contribution < -0.4 is 4.74 Å². The molecule has 0 spiro atoms. The van der Waals surface area contributed by atoms with Crippen molar-refractivity contribution in [3.63, 3.8) is 0 Å². The summed E-state index contributed by atoms with van der Waals surface area (Å²) in [5.74, 6) is 0.995. The molecule has 42 valence electrons. The summed E-state index contributed by atoms with van der Waals surface area (Å²) >= 11 is 1.47. The van der Waals surface area contributed by atoms with Gasteiger partial charge in [0, 0.05) is 6.42 Å². The van der Waals surface area contributed by atoms with Crippen molar-refractivity contribution in [3.8, 4) is 5.75 Å². The van der Waals surface area contributed by atoms with Crippen LogP contribution in [0.3, 0.4) is 0 Å². The Labute approximate surface area is 51.3 Å². The Kier molecular flexibility index (Phi) is 0.784. The highest BCUT2D eigenvalue weighted by Gasteiger charge is 2.12. The fraction of sp³-hybridized carbons (Fsp3) is 0.400. The van der Waals surface area contributed by atoms with Crippen LogP contribution in [-0.4, -0.2) is 11.0 Å². The first-order valence-corrected chi connectivity index (χ1v) is 3.36. The molecule has 8 heavy (non-hydrogen) atoms. The fourth-order valence-corrected chi connectivity index (χ4v) is 1.46. The van der Waals surface area contributed by atoms with Crippen molar-refractivity contribution in [2.24, 2.45) is 0 Å². The molecule has 1 aliphatic rings. The van der Waals surface area contributed by atoms with Gasteiger partial charge in [0.15, 0.2) is 5.75 Å². The Morgan fingerprint density at radius 3 is 3.62 bits per heavy atom. The van der Waals surface area contributed by atoms with Crippen molar-refractivity contribution < 1.29 is 4.74 Å². The summed E-state index contributed by atoms with van der Waals surface area (Å²) in [6, 6.07) is 0. The van der Waals surface area contributed by atoms with Crippen molar-refractivity contribution in [3.05, 3.63) is 11.1 Å². The summed E-state index contributed by atoms with van der Waals surface area (Å²) < 4.78 is 9.30. The molecular weight excluding hydrogens is 122 g/mol. The standard InChI is InChI=1S/C5H5NOS/c1-2-7-5-3-8-6-4(1)5/h3H,1-2H2. The second kappa shape index (κ2) is 1.45. The Balaban J connectivity index is 2.54. The van der Waals surface area contributed by atoms with Crippen LogP contribution in [0.4, 0.5) is 0 Å². The second-order valence-electron chi connectivity index (χ2n) is 1.72. The number of nitrogens with zero attached hydrogens (tertiary/aromatic N) is 1. The maximum Gasteiger partial charge on any atom is 0.153 e. The molecule has 0 amide bonds. The Hall–Kier alpha value is -0.570. The lowest BCUT2D eigenvalue weighted by Crippen LogP contribution is -1.86. The van der Waals surface area contributed by atoms with Gasteiger partial charge in [-0.15, -0.1) is 0 Å². The normalized spacial score (nSPS) is 15.5. The van der Waals surface area contributed by atoms with E-state index in [-0.39, 0.29) is 0 Å². The number of aromatic nitrogens is 1. The van der Waals surface area contributed by atoms with Gasteiger partial charge in [-0.25, -0.2) is 0 Å². The molecule has 0 saturated heterocycles. The molecular formula is C5H5NOS. The van der Waals surface area contributed by atoms with Gasteiger partial charge >= 0.3 is 0 Å². The summed E-state index contributed by atoms with van der Waals surface area (Å²) in [5.41, 5.74) is 1.13. The molecule has 1 aliphatic heterocycles. The summed E-state index contributed by atoms with van der Waals surface area (Å²) in [6.45, 7) is 0.825. The molecule has 0 fully saturated rings. The Bertz CT molecular complexity index is 178. The highest BCUT2D eigenvalue weighted by Crippen LogP contribution is 2.24. The minimum Gasteiger partial charge on any atom is -0.490 e. The van der Waals surface area contributed by atoms with Crippen LogP contribution in [0.1, 0.15) is 5.69 Å². The van der Waals surface area contributed by atoms with Crippen LogP contribution in [-0.2, 0) is 6.42 Å². The van der Waals surface area contributed by atoms with E-state index in [2.05, 4.69) is 4.37 Å². The monoisotopic (exact) mass is 127 g/mol. The summed E-state index contributed by atoms with van der Waals surface area (Å²) in [4.78, 5) is 0. The van der Waals surface area contributed by atoms with E-state index in [0.717, 1.165) is 24.5 Å². The SMILES string of the molecule is c1snc2c1OCC2. The zero-order valence-corrected chi connectivity index (χ0v) is 5.07. The van der Waals surface area contributed by atoms with E-state index in [1.807, 2.05) is 5.38 Å². The van der Waals surface area contributed by atoms with Gasteiger partial charge in [-0.3, -0.25) is 0 Å². The number of ether oxygens (including phenoxy) is 1. The predicted octanol–water partition coefficient (Wildman–Crippen LogP) is 1.08. The van der Waals surface area contributed by atoms with Crippen molar-refractivity contribution in [2.45, 2.75) is 6.42 Å². The Morgan fingerprint density at radius 1 is 1.75 bits per heavy atom. The summed E-state index contributed by atoms with van der Waals surface area (Å²) in [5, 5.41) is 1.95. The van der Waals surface area contributed by atoms with E-state index in [1.165, 1.54) is 11.5 Å². The summed E-state index contributed by atoms with van der Waals surface area (Å²) in [6.07, 6.45) is 0.999. The molecule has 0 N–H and O–H groups in total. The molecule has 1 aromatic rings. The van der Waals surface area contributed by atoms with E-state index in [9.17, 15) is 0 Å². The molecule has 3 heteroatoms. The smallest absolute Gasteiger partial charge is 0.153 e. The maximum atomic E-state index is 5.19. The average molecular weight is 127 g/mol. The van der Waals surface area contributed by atoms with Crippen LogP contribution in [0.15, 0.2) is 5.38 Å². The van der Waals surface area contributed by atoms with E-state index >= 15 is 0 Å². The third-order valence-corrected chi connectivity index (χ3v) is 1.85. The highest BCUT2D eigenvalue weighted by molar-refractivity contribution is 7.03. The fourth-order valence-electron chi connectivity index (χ4n) is 0.795. The van der Waals surface area contributed by atoms with Gasteiger partial charge in [-0.2, -0.15) is 4.37 Å². The molecule has 1 aromatic heterocycles. The van der Waals surface area contributed by atoms with E-state index in [4.69, 9.17) is 4.74 Å². The van der Waals surface area contributed by atoms with Gasteiger partial charge < -0.3 is 4.74 Å². The lowest BCUT2D eigenvalue weighted by atomic mass is 10.4. The van der Waals surface area contributed by atoms with E-state index < -0.39 is 0 Å². The van der Waals surface area contributed by atoms with Crippen molar-refractivity contribution in [1.29, 1.82) is 0 Å². The van der Waals surface area contributed by atoms with Crippen LogP contribution in [0.25, 0.3) is 0 Å². The van der Waals surface area contributed by atoms with Crippen LogP contribution in [0, 0.1) is 0 Å². The summed E-state index contributed by atoms with van der Waals surface area (Å²) in [7, 11) is 0. The molecule has 0 radical (unpaired) electrons. The maximum absolute atomic E-state index is 5.19. The van der Waals surface area contributed by atoms with Crippen LogP contribution >= 0.6 is 11.5 Å². The quantitative estimate of drug-likeness (QED) is 0.520. The number of hydrogen-bond donors (Lipinski definition) is 0. The van der Waals surface area contributed by atoms with E-state index in [0.29, 0.717) is 0 Å². The van der Waals surface area contributed by atoms with Crippen molar-refractivity contribution in [1.82, 2.24) is 4.37 Å². The lowest BCUT2D eigenvalue weighted by Gasteiger charge is -1.85. The first kappa shape index (κ1) is 4.32. The van der Waals surface area contributed by atoms with Gasteiger partial charge in [0.05, 0.1) is 17.7 Å². The third kappa shape index (κ3) is 0.448. The molecule has 0 aliphatic carbocycles. The van der Waals surface area contributed by atoms with Gasteiger partial charge in [-0.05, 0) is 11.5 Å². The van der Waals surface area contributed by atoms with Crippen LogP contribution in [0.2, 0.25) is 0 Å². The molecule has 2 nitrogen and oxygen atoms in total. The minimum absolute atomic E-state index is 0.825. The van der Waals surface area contributed by atoms with Gasteiger partial charge in [0.25, 0.3) is 0 Å². The molecule has 0 atom stereocenters. The van der Waals surface area contributed by atoms with Gasteiger partial charge in [0.1, 0.15) is 0 Å². The molecule has 0 unspecified atom stereocenters. The highest BCUT2D eigenvalue weighted by atomic mass is 32.1. The molecule has 0 bridgehead atoms. The first-order valence-electron chi connectivity index (χ1n) is 2.53. The minimum atomic E-state index is 0.825. The van der Waals surface area contributed by atoms with Crippen molar-refractivity contribution in [2.75, 3.05) is 6.61 Å². The zero-order chi connectivity index (χ0) is 5.40. The lowest BCUT2D eigenvalue weighted by molar-refractivity contribution is 0.357. The number of fused-ring (bicyclic) bond motifs is 1. The largest absolute Gasteiger partial charge is 0.490 e. The topological polar surface area (TPSA) is 22.1 Å². The van der Waals surface area contributed by atoms with Crippen molar-refractivity contribution >= 4 is 11.5 Å². The second-order valence-corrected chi connectivity index (χ2v) is 2.35. The van der Waals surface area contributed by atoms with Gasteiger partial charge in [-0.1, -0.05) is 0 Å². The van der Waals surface area contributed by atoms with Crippen LogP contribution in [0.5, 0.6) is 5.75 Å². The average Bonchev–Trinajstić information content (AvgIpc) is 2.15. The molecule has 0 aromatic carbocycles. The van der Waals surface area contributed by atoms with E-state index in [1.54, 1.807) is 0 Å². The zero-order valence-electron chi connectivity index (χ0n) is 4.26. The molecule has 2 rings (SSSR count). The third-order valence-electron chi connectivity index (χ3n) is 1.20.